The van der Waals surface area contributed by atoms with E-state index >= 15 is 0 Å². The third kappa shape index (κ3) is 6.17. The molecule has 0 spiro atoms. The fourth-order valence-corrected chi connectivity index (χ4v) is 5.75. The second-order valence-corrected chi connectivity index (χ2v) is 10.9. The van der Waals surface area contributed by atoms with Crippen LogP contribution in [-0.2, 0) is 21.4 Å². The number of ether oxygens (including phenoxy) is 2. The Labute approximate surface area is 218 Å². The number of carbonyl (C=O) groups is 1. The summed E-state index contributed by atoms with van der Waals surface area (Å²) in [7, 11) is -1.16. The largest absolute Gasteiger partial charge is 0.493 e. The van der Waals surface area contributed by atoms with E-state index in [1.807, 2.05) is 31.2 Å². The number of carbonyl (C=O) groups excluding carboxylic acids is 1. The first kappa shape index (κ1) is 26.3. The van der Waals surface area contributed by atoms with Crippen LogP contribution >= 0.6 is 0 Å². The summed E-state index contributed by atoms with van der Waals surface area (Å²) >= 11 is 0. The molecule has 0 bridgehead atoms. The van der Waals surface area contributed by atoms with E-state index in [1.165, 1.54) is 50.9 Å². The number of nitrogens with zero attached hydrogens (tertiary/aromatic N) is 2. The number of sulfonamides is 1. The van der Waals surface area contributed by atoms with Gasteiger partial charge in [0.1, 0.15) is 6.54 Å². The number of benzene rings is 3. The van der Waals surface area contributed by atoms with Crippen molar-refractivity contribution in [2.75, 3.05) is 43.1 Å². The Morgan fingerprint density at radius 2 is 1.57 bits per heavy atom. The van der Waals surface area contributed by atoms with Crippen LogP contribution in [0.3, 0.4) is 0 Å². The Morgan fingerprint density at radius 1 is 0.919 bits per heavy atom. The lowest BCUT2D eigenvalue weighted by atomic mass is 10.2. The Bertz CT molecular complexity index is 1320. The van der Waals surface area contributed by atoms with Gasteiger partial charge in [-0.1, -0.05) is 29.8 Å². The molecule has 1 heterocycles. The van der Waals surface area contributed by atoms with Crippen molar-refractivity contribution in [2.24, 2.45) is 0 Å². The van der Waals surface area contributed by atoms with Crippen LogP contribution in [0, 0.1) is 6.92 Å². The van der Waals surface area contributed by atoms with Crippen molar-refractivity contribution in [1.82, 2.24) is 5.32 Å². The van der Waals surface area contributed by atoms with E-state index in [9.17, 15) is 13.2 Å². The molecule has 3 aromatic carbocycles. The predicted molar refractivity (Wildman–Crippen MR) is 145 cm³/mol. The van der Waals surface area contributed by atoms with Crippen molar-refractivity contribution in [3.8, 4) is 11.5 Å². The second kappa shape index (κ2) is 11.6. The minimum Gasteiger partial charge on any atom is -0.493 e. The maximum atomic E-state index is 13.7. The van der Waals surface area contributed by atoms with Gasteiger partial charge >= 0.3 is 0 Å². The molecular weight excluding hydrogens is 490 g/mol. The van der Waals surface area contributed by atoms with Gasteiger partial charge in [0.05, 0.1) is 24.8 Å². The highest BCUT2D eigenvalue weighted by Gasteiger charge is 2.28. The van der Waals surface area contributed by atoms with Gasteiger partial charge in [0.2, 0.25) is 5.91 Å². The summed E-state index contributed by atoms with van der Waals surface area (Å²) in [5, 5.41) is 2.86. The van der Waals surface area contributed by atoms with Gasteiger partial charge in [-0.3, -0.25) is 9.10 Å². The molecule has 4 rings (SSSR count). The van der Waals surface area contributed by atoms with Gasteiger partial charge in [-0.2, -0.15) is 0 Å². The third-order valence-electron chi connectivity index (χ3n) is 6.45. The van der Waals surface area contributed by atoms with Gasteiger partial charge in [-0.25, -0.2) is 8.42 Å². The Morgan fingerprint density at radius 3 is 2.19 bits per heavy atom. The Balaban J connectivity index is 1.52. The number of methoxy groups -OCH3 is 2. The fraction of sp³-hybridized carbons (Fsp3) is 0.321. The Hall–Kier alpha value is -3.72. The van der Waals surface area contributed by atoms with Gasteiger partial charge in [0.25, 0.3) is 10.0 Å². The first-order chi connectivity index (χ1) is 17.8. The maximum absolute atomic E-state index is 13.7. The van der Waals surface area contributed by atoms with Gasteiger partial charge in [-0.15, -0.1) is 0 Å². The van der Waals surface area contributed by atoms with Crippen LogP contribution in [0.15, 0.2) is 71.6 Å². The standard InChI is InChI=1S/C28H33N3O5S/c1-21-6-10-24(11-7-21)31(37(33,34)25-14-15-26(35-2)27(18-25)36-3)20-28(32)29-19-22-8-12-23(13-9-22)30-16-4-5-17-30/h6-15,18H,4-5,16-17,19-20H2,1-3H3,(H,29,32). The quantitative estimate of drug-likeness (QED) is 0.430. The van der Waals surface area contributed by atoms with Crippen LogP contribution in [0.5, 0.6) is 11.5 Å². The number of amides is 1. The molecule has 0 atom stereocenters. The number of aryl methyl sites for hydroxylation is 1. The van der Waals surface area contributed by atoms with Gasteiger partial charge < -0.3 is 19.7 Å². The van der Waals surface area contributed by atoms with Crippen LogP contribution in [0.4, 0.5) is 11.4 Å². The number of hydrogen-bond acceptors (Lipinski definition) is 6. The van der Waals surface area contributed by atoms with Crippen LogP contribution in [-0.4, -0.2) is 48.2 Å². The number of nitrogens with one attached hydrogen (secondary N) is 1. The molecule has 1 N–H and O–H groups in total. The zero-order chi connectivity index (χ0) is 26.4. The van der Waals surface area contributed by atoms with Crippen molar-refractivity contribution in [1.29, 1.82) is 0 Å². The second-order valence-electron chi connectivity index (χ2n) is 9.00. The maximum Gasteiger partial charge on any atom is 0.264 e. The molecule has 0 aromatic heterocycles. The molecule has 0 aliphatic carbocycles. The molecule has 1 saturated heterocycles. The first-order valence-corrected chi connectivity index (χ1v) is 13.7. The molecule has 9 heteroatoms. The third-order valence-corrected chi connectivity index (χ3v) is 8.22. The molecule has 196 valence electrons. The van der Waals surface area contributed by atoms with E-state index in [2.05, 4.69) is 22.3 Å². The Kier molecular flexibility index (Phi) is 8.23. The normalized spacial score (nSPS) is 13.3. The van der Waals surface area contributed by atoms with Crippen LogP contribution < -0.4 is 24.0 Å². The van der Waals surface area contributed by atoms with Gasteiger partial charge in [-0.05, 0) is 61.7 Å². The summed E-state index contributed by atoms with van der Waals surface area (Å²) < 4.78 is 39.0. The topological polar surface area (TPSA) is 88.2 Å². The fourth-order valence-electron chi connectivity index (χ4n) is 4.32. The van der Waals surface area contributed by atoms with E-state index in [4.69, 9.17) is 9.47 Å². The number of anilines is 2. The molecule has 8 nitrogen and oxygen atoms in total. The average Bonchev–Trinajstić information content (AvgIpc) is 3.46. The highest BCUT2D eigenvalue weighted by Crippen LogP contribution is 2.32. The van der Waals surface area contributed by atoms with Crippen molar-refractivity contribution in [3.63, 3.8) is 0 Å². The average molecular weight is 524 g/mol. The van der Waals surface area contributed by atoms with Gasteiger partial charge in [0, 0.05) is 31.4 Å². The van der Waals surface area contributed by atoms with Crippen LogP contribution in [0.2, 0.25) is 0 Å². The van der Waals surface area contributed by atoms with E-state index in [0.717, 1.165) is 28.5 Å². The first-order valence-electron chi connectivity index (χ1n) is 12.2. The summed E-state index contributed by atoms with van der Waals surface area (Å²) in [5.41, 5.74) is 3.50. The molecule has 1 amide bonds. The molecule has 1 aliphatic rings. The lowest BCUT2D eigenvalue weighted by Gasteiger charge is -2.24. The lowest BCUT2D eigenvalue weighted by molar-refractivity contribution is -0.119. The zero-order valence-electron chi connectivity index (χ0n) is 21.4. The van der Waals surface area contributed by atoms with Crippen LogP contribution in [0.1, 0.15) is 24.0 Å². The van der Waals surface area contributed by atoms with E-state index in [0.29, 0.717) is 18.0 Å². The minimum absolute atomic E-state index is 0.00368. The molecule has 0 radical (unpaired) electrons. The lowest BCUT2D eigenvalue weighted by Crippen LogP contribution is -2.40. The molecule has 0 unspecified atom stereocenters. The molecule has 1 aliphatic heterocycles. The minimum atomic E-state index is -4.09. The molecule has 1 fully saturated rings. The van der Waals surface area contributed by atoms with E-state index in [1.54, 1.807) is 12.1 Å². The molecule has 37 heavy (non-hydrogen) atoms. The van der Waals surface area contributed by atoms with Crippen molar-refractivity contribution in [3.05, 3.63) is 77.9 Å². The van der Waals surface area contributed by atoms with Gasteiger partial charge in [0.15, 0.2) is 11.5 Å². The predicted octanol–water partition coefficient (Wildman–Crippen LogP) is 4.12. The van der Waals surface area contributed by atoms with Crippen molar-refractivity contribution >= 4 is 27.3 Å². The summed E-state index contributed by atoms with van der Waals surface area (Å²) in [6, 6.07) is 19.5. The highest BCUT2D eigenvalue weighted by atomic mass is 32.2. The summed E-state index contributed by atoms with van der Waals surface area (Å²) in [5.74, 6) is 0.291. The van der Waals surface area contributed by atoms with E-state index in [-0.39, 0.29) is 17.2 Å². The summed E-state index contributed by atoms with van der Waals surface area (Å²) in [6.07, 6.45) is 2.42. The van der Waals surface area contributed by atoms with E-state index < -0.39 is 15.9 Å². The number of rotatable bonds is 10. The zero-order valence-corrected chi connectivity index (χ0v) is 22.3. The van der Waals surface area contributed by atoms with Crippen LogP contribution in [0.25, 0.3) is 0 Å². The molecule has 0 saturated carbocycles. The summed E-state index contributed by atoms with van der Waals surface area (Å²) in [4.78, 5) is 15.3. The monoisotopic (exact) mass is 523 g/mol. The number of hydrogen-bond donors (Lipinski definition) is 1. The smallest absolute Gasteiger partial charge is 0.264 e. The van der Waals surface area contributed by atoms with Crippen molar-refractivity contribution < 1.29 is 22.7 Å². The SMILES string of the molecule is COc1ccc(S(=O)(=O)N(CC(=O)NCc2ccc(N3CCCC3)cc2)c2ccc(C)cc2)cc1OC. The van der Waals surface area contributed by atoms with Crippen molar-refractivity contribution in [2.45, 2.75) is 31.2 Å². The highest BCUT2D eigenvalue weighted by molar-refractivity contribution is 7.92. The molecule has 3 aromatic rings. The summed E-state index contributed by atoms with van der Waals surface area (Å²) in [6.45, 7) is 3.99. The molecular formula is C28H33N3O5S.